The number of nitrogens with zero attached hydrogens (tertiary/aromatic N) is 5. The van der Waals surface area contributed by atoms with Crippen LogP contribution in [0.3, 0.4) is 0 Å². The Morgan fingerprint density at radius 1 is 1.11 bits per heavy atom. The van der Waals surface area contributed by atoms with Crippen LogP contribution < -0.4 is 9.46 Å². The molecule has 0 saturated heterocycles. The van der Waals surface area contributed by atoms with Crippen LogP contribution in [0, 0.1) is 23.0 Å². The molecule has 0 aliphatic rings. The highest BCUT2D eigenvalue weighted by atomic mass is 32.2. The summed E-state index contributed by atoms with van der Waals surface area (Å²) in [7, 11) is -2.67. The number of ether oxygens (including phenoxy) is 1. The monoisotopic (exact) mass is 536 g/mol. The van der Waals surface area contributed by atoms with Gasteiger partial charge < -0.3 is 4.74 Å². The molecule has 1 N–H and O–H groups in total. The van der Waals surface area contributed by atoms with Crippen LogP contribution in [-0.2, 0) is 10.0 Å². The van der Waals surface area contributed by atoms with Crippen LogP contribution in [0.4, 0.5) is 13.9 Å². The third-order valence-corrected chi connectivity index (χ3v) is 7.51. The van der Waals surface area contributed by atoms with Gasteiger partial charge in [-0.1, -0.05) is 23.5 Å². The second-order valence-corrected chi connectivity index (χ2v) is 10.1. The highest BCUT2D eigenvalue weighted by Gasteiger charge is 2.25. The van der Waals surface area contributed by atoms with E-state index in [1.807, 2.05) is 6.07 Å². The Hall–Kier alpha value is -4.54. The van der Waals surface area contributed by atoms with Crippen LogP contribution in [0.25, 0.3) is 33.3 Å². The van der Waals surface area contributed by atoms with Crippen molar-refractivity contribution in [1.82, 2.24) is 20.2 Å². The SMILES string of the molecule is COc1cc(-c2cccc(F)c2)c(C#N)c(F)c1-c1ncnc2cc(S(=O)(=O)Nc3nncs3)ccc12. The molecule has 184 valence electrons. The average Bonchev–Trinajstić information content (AvgIpc) is 3.40. The number of methoxy groups -OCH3 is 1. The maximum absolute atomic E-state index is 15.9. The van der Waals surface area contributed by atoms with Gasteiger partial charge in [0.1, 0.15) is 29.5 Å². The molecule has 0 unspecified atom stereocenters. The molecule has 0 spiro atoms. The van der Waals surface area contributed by atoms with E-state index in [1.54, 1.807) is 6.07 Å². The normalized spacial score (nSPS) is 11.3. The topological polar surface area (TPSA) is 131 Å². The Kier molecular flexibility index (Phi) is 6.20. The lowest BCUT2D eigenvalue weighted by Gasteiger charge is -2.16. The van der Waals surface area contributed by atoms with Crippen molar-refractivity contribution in [3.05, 3.63) is 77.6 Å². The molecule has 0 saturated carbocycles. The van der Waals surface area contributed by atoms with Gasteiger partial charge in [-0.25, -0.2) is 27.2 Å². The Labute approximate surface area is 213 Å². The molecule has 5 rings (SSSR count). The van der Waals surface area contributed by atoms with Crippen LogP contribution in [-0.4, -0.2) is 35.7 Å². The molecule has 0 aliphatic carbocycles. The number of fused-ring (bicyclic) bond motifs is 1. The molecule has 9 nitrogen and oxygen atoms in total. The van der Waals surface area contributed by atoms with E-state index < -0.39 is 21.7 Å². The standard InChI is InChI=1S/C24H14F2N6O3S2/c1-35-20-9-17(13-3-2-4-14(25)7-13)18(10-27)22(26)21(20)23-16-6-5-15(8-19(16)28-11-29-23)37(33,34)32-24-31-30-12-36-24/h2-9,11-12H,1H3,(H,31,32). The van der Waals surface area contributed by atoms with Crippen LogP contribution in [0.15, 0.2) is 65.3 Å². The lowest BCUT2D eigenvalue weighted by molar-refractivity contribution is 0.413. The lowest BCUT2D eigenvalue weighted by atomic mass is 9.94. The third-order valence-electron chi connectivity index (χ3n) is 5.43. The van der Waals surface area contributed by atoms with Gasteiger partial charge in [0.2, 0.25) is 5.13 Å². The predicted molar refractivity (Wildman–Crippen MR) is 132 cm³/mol. The van der Waals surface area contributed by atoms with E-state index in [1.165, 1.54) is 55.1 Å². The van der Waals surface area contributed by atoms with Gasteiger partial charge in [-0.2, -0.15) is 5.26 Å². The third kappa shape index (κ3) is 4.44. The van der Waals surface area contributed by atoms with E-state index in [4.69, 9.17) is 4.74 Å². The maximum Gasteiger partial charge on any atom is 0.263 e. The Morgan fingerprint density at radius 3 is 2.65 bits per heavy atom. The minimum Gasteiger partial charge on any atom is -0.496 e. The molecule has 0 bridgehead atoms. The van der Waals surface area contributed by atoms with Crippen molar-refractivity contribution in [2.24, 2.45) is 0 Å². The summed E-state index contributed by atoms with van der Waals surface area (Å²) in [6, 6.07) is 12.8. The van der Waals surface area contributed by atoms with Gasteiger partial charge in [0.15, 0.2) is 5.82 Å². The smallest absolute Gasteiger partial charge is 0.263 e. The number of sulfonamides is 1. The average molecular weight is 537 g/mol. The first-order valence-corrected chi connectivity index (χ1v) is 12.8. The highest BCUT2D eigenvalue weighted by molar-refractivity contribution is 7.93. The number of nitrogens with one attached hydrogen (secondary N) is 1. The zero-order valence-electron chi connectivity index (χ0n) is 18.8. The van der Waals surface area contributed by atoms with Crippen LogP contribution >= 0.6 is 11.3 Å². The minimum atomic E-state index is -4.00. The predicted octanol–water partition coefficient (Wildman–Crippen LogP) is 4.77. The molecule has 5 aromatic rings. The summed E-state index contributed by atoms with van der Waals surface area (Å²) in [5.41, 5.74) is 1.68. The summed E-state index contributed by atoms with van der Waals surface area (Å²) in [6.45, 7) is 0. The minimum absolute atomic E-state index is 0.0467. The summed E-state index contributed by atoms with van der Waals surface area (Å²) < 4.78 is 63.0. The first-order chi connectivity index (χ1) is 17.8. The fourth-order valence-electron chi connectivity index (χ4n) is 3.80. The van der Waals surface area contributed by atoms with Crippen molar-refractivity contribution in [3.63, 3.8) is 0 Å². The van der Waals surface area contributed by atoms with Gasteiger partial charge >= 0.3 is 0 Å². The van der Waals surface area contributed by atoms with Crippen molar-refractivity contribution in [2.75, 3.05) is 11.8 Å². The van der Waals surface area contributed by atoms with Crippen LogP contribution in [0.2, 0.25) is 0 Å². The van der Waals surface area contributed by atoms with Crippen LogP contribution in [0.1, 0.15) is 5.56 Å². The van der Waals surface area contributed by atoms with Gasteiger partial charge in [0, 0.05) is 10.9 Å². The Bertz CT molecular complexity index is 1810. The van der Waals surface area contributed by atoms with Crippen LogP contribution in [0.5, 0.6) is 5.75 Å². The second-order valence-electron chi connectivity index (χ2n) is 7.56. The van der Waals surface area contributed by atoms with Gasteiger partial charge in [-0.05, 0) is 42.0 Å². The summed E-state index contributed by atoms with van der Waals surface area (Å²) in [5, 5.41) is 17.4. The number of hydrogen-bond donors (Lipinski definition) is 1. The highest BCUT2D eigenvalue weighted by Crippen LogP contribution is 2.41. The number of rotatable bonds is 6. The van der Waals surface area contributed by atoms with Gasteiger partial charge in [0.25, 0.3) is 10.0 Å². The Balaban J connectivity index is 1.67. The lowest BCUT2D eigenvalue weighted by Crippen LogP contribution is -2.13. The van der Waals surface area contributed by atoms with Crippen molar-refractivity contribution in [3.8, 4) is 34.2 Å². The number of benzene rings is 3. The number of hydrogen-bond acceptors (Lipinski definition) is 9. The largest absolute Gasteiger partial charge is 0.496 e. The van der Waals surface area contributed by atoms with Crippen molar-refractivity contribution in [2.45, 2.75) is 4.90 Å². The van der Waals surface area contributed by atoms with Crippen molar-refractivity contribution >= 4 is 37.4 Å². The fourth-order valence-corrected chi connectivity index (χ4v) is 5.51. The van der Waals surface area contributed by atoms with Crippen molar-refractivity contribution in [1.29, 1.82) is 5.26 Å². The summed E-state index contributed by atoms with van der Waals surface area (Å²) >= 11 is 1.02. The number of anilines is 1. The first kappa shape index (κ1) is 24.2. The first-order valence-electron chi connectivity index (χ1n) is 10.4. The molecular formula is C24H14F2N6O3S2. The molecule has 3 aromatic carbocycles. The molecule has 0 fully saturated rings. The van der Waals surface area contributed by atoms with E-state index in [9.17, 15) is 18.1 Å². The molecular weight excluding hydrogens is 522 g/mol. The van der Waals surface area contributed by atoms with E-state index in [-0.39, 0.29) is 43.7 Å². The number of halogens is 2. The van der Waals surface area contributed by atoms with Crippen molar-refractivity contribution < 1.29 is 21.9 Å². The van der Waals surface area contributed by atoms with E-state index in [0.29, 0.717) is 10.9 Å². The number of aromatic nitrogens is 4. The molecule has 0 atom stereocenters. The summed E-state index contributed by atoms with van der Waals surface area (Å²) in [5.74, 6) is -1.42. The summed E-state index contributed by atoms with van der Waals surface area (Å²) in [6.07, 6.45) is 1.15. The fraction of sp³-hybridized carbons (Fsp3) is 0.0417. The molecule has 13 heteroatoms. The summed E-state index contributed by atoms with van der Waals surface area (Å²) in [4.78, 5) is 8.25. The zero-order chi connectivity index (χ0) is 26.2. The maximum atomic E-state index is 15.9. The number of nitriles is 1. The molecule has 0 radical (unpaired) electrons. The van der Waals surface area contributed by atoms with E-state index in [0.717, 1.165) is 17.7 Å². The molecule has 0 aliphatic heterocycles. The van der Waals surface area contributed by atoms with E-state index in [2.05, 4.69) is 24.9 Å². The second kappa shape index (κ2) is 9.49. The van der Waals surface area contributed by atoms with Gasteiger partial charge in [-0.15, -0.1) is 10.2 Å². The van der Waals surface area contributed by atoms with E-state index >= 15 is 4.39 Å². The molecule has 0 amide bonds. The zero-order valence-corrected chi connectivity index (χ0v) is 20.4. The Morgan fingerprint density at radius 2 is 1.95 bits per heavy atom. The van der Waals surface area contributed by atoms with Gasteiger partial charge in [-0.3, -0.25) is 4.72 Å². The van der Waals surface area contributed by atoms with Gasteiger partial charge in [0.05, 0.1) is 34.3 Å². The molecule has 2 heterocycles. The quantitative estimate of drug-likeness (QED) is 0.328. The molecule has 37 heavy (non-hydrogen) atoms. The molecule has 2 aromatic heterocycles.